The Morgan fingerprint density at radius 3 is 2.66 bits per heavy atom. The summed E-state index contributed by atoms with van der Waals surface area (Å²) in [5, 5.41) is 7.83. The fourth-order valence-electron chi connectivity index (χ4n) is 5.60. The fourth-order valence-corrected chi connectivity index (χ4v) is 6.79. The van der Waals surface area contributed by atoms with Crippen molar-refractivity contribution in [2.45, 2.75) is 25.6 Å². The van der Waals surface area contributed by atoms with Gasteiger partial charge in [0.15, 0.2) is 11.5 Å². The number of nitrogens with zero attached hydrogens (tertiary/aromatic N) is 3. The third-order valence-electron chi connectivity index (χ3n) is 7.98. The van der Waals surface area contributed by atoms with Gasteiger partial charge in [0.2, 0.25) is 18.6 Å². The van der Waals surface area contributed by atoms with Crippen molar-refractivity contribution in [3.8, 4) is 28.4 Å². The molecule has 10 heteroatoms. The summed E-state index contributed by atoms with van der Waals surface area (Å²) < 4.78 is 18.5. The molecule has 0 bridgehead atoms. The zero-order chi connectivity index (χ0) is 30.2. The summed E-state index contributed by atoms with van der Waals surface area (Å²) in [5.41, 5.74) is 6.43. The zero-order valence-electron chi connectivity index (χ0n) is 24.3. The number of furan rings is 1. The first-order chi connectivity index (χ1) is 21.5. The number of nitrogens with one attached hydrogen (secondary N) is 1. The predicted octanol–water partition coefficient (Wildman–Crippen LogP) is 5.96. The van der Waals surface area contributed by atoms with Crippen LogP contribution in [0, 0.1) is 13.8 Å². The van der Waals surface area contributed by atoms with Gasteiger partial charge in [0.05, 0.1) is 35.2 Å². The van der Waals surface area contributed by atoms with Crippen LogP contribution < -0.4 is 19.7 Å². The summed E-state index contributed by atoms with van der Waals surface area (Å²) in [5.74, 6) is 2.24. The molecule has 0 radical (unpaired) electrons. The second-order valence-corrected chi connectivity index (χ2v) is 11.8. The topological polar surface area (TPSA) is 98.8 Å². The van der Waals surface area contributed by atoms with Crippen LogP contribution in [0.3, 0.4) is 0 Å². The summed E-state index contributed by atoms with van der Waals surface area (Å²) in [4.78, 5) is 29.0. The Morgan fingerprint density at radius 1 is 1.00 bits per heavy atom. The van der Waals surface area contributed by atoms with Gasteiger partial charge in [0.25, 0.3) is 0 Å². The van der Waals surface area contributed by atoms with Crippen molar-refractivity contribution in [2.24, 2.45) is 0 Å². The number of benzene rings is 3. The Bertz CT molecular complexity index is 1850. The van der Waals surface area contributed by atoms with Crippen LogP contribution in [0.15, 0.2) is 89.5 Å². The highest BCUT2D eigenvalue weighted by molar-refractivity contribution is 8.00. The van der Waals surface area contributed by atoms with E-state index < -0.39 is 0 Å². The van der Waals surface area contributed by atoms with Crippen LogP contribution in [0.4, 0.5) is 5.82 Å². The van der Waals surface area contributed by atoms with Crippen LogP contribution in [0.2, 0.25) is 0 Å². The molecule has 3 aromatic carbocycles. The highest BCUT2D eigenvalue weighted by Gasteiger charge is 2.38. The molecular formula is C34H30N4O5S. The number of ether oxygens (including phenoxy) is 2. The standard InChI is InChI=1S/C34H30N4O5S/c1-21-8-6-12-26(22(21)2)38-34-31(32(36-38)23-9-4-3-5-10-23)33(24-13-14-27-28(16-24)43-20-42-27)44-19-30(40)37(34)18-29(39)35-17-25-11-7-15-41-25/h3-16,33H,17-20H2,1-2H3,(H,35,39)/t33-/m1/s1. The molecule has 222 valence electrons. The van der Waals surface area contributed by atoms with Gasteiger partial charge in [-0.25, -0.2) is 4.68 Å². The van der Waals surface area contributed by atoms with E-state index in [1.807, 2.05) is 72.3 Å². The molecule has 1 atom stereocenters. The molecule has 1 N–H and O–H groups in total. The lowest BCUT2D eigenvalue weighted by molar-refractivity contribution is -0.123. The van der Waals surface area contributed by atoms with Gasteiger partial charge < -0.3 is 19.2 Å². The van der Waals surface area contributed by atoms with E-state index in [4.69, 9.17) is 19.0 Å². The van der Waals surface area contributed by atoms with E-state index in [0.717, 1.165) is 39.2 Å². The minimum atomic E-state index is -0.304. The summed E-state index contributed by atoms with van der Waals surface area (Å²) in [6.07, 6.45) is 1.56. The molecule has 2 aliphatic heterocycles. The Labute approximate surface area is 258 Å². The Morgan fingerprint density at radius 2 is 1.84 bits per heavy atom. The van der Waals surface area contributed by atoms with E-state index in [2.05, 4.69) is 18.3 Å². The molecule has 9 nitrogen and oxygen atoms in total. The number of rotatable bonds is 7. The van der Waals surface area contributed by atoms with Crippen molar-refractivity contribution in [1.82, 2.24) is 15.1 Å². The maximum absolute atomic E-state index is 14.0. The van der Waals surface area contributed by atoms with Gasteiger partial charge in [-0.05, 0) is 60.9 Å². The van der Waals surface area contributed by atoms with Crippen molar-refractivity contribution in [3.63, 3.8) is 0 Å². The molecule has 5 aromatic rings. The van der Waals surface area contributed by atoms with Crippen LogP contribution in [-0.4, -0.2) is 40.7 Å². The van der Waals surface area contributed by atoms with Crippen LogP contribution >= 0.6 is 11.8 Å². The maximum Gasteiger partial charge on any atom is 0.240 e. The number of carbonyl (C=O) groups is 2. The van der Waals surface area contributed by atoms with E-state index in [1.165, 1.54) is 11.8 Å². The second kappa shape index (κ2) is 11.6. The molecule has 0 aliphatic carbocycles. The molecule has 0 saturated carbocycles. The summed E-state index contributed by atoms with van der Waals surface area (Å²) in [6.45, 7) is 4.31. The molecule has 0 saturated heterocycles. The smallest absolute Gasteiger partial charge is 0.240 e. The van der Waals surface area contributed by atoms with Gasteiger partial charge in [-0.1, -0.05) is 48.5 Å². The van der Waals surface area contributed by atoms with E-state index in [9.17, 15) is 9.59 Å². The fraction of sp³-hybridized carbons (Fsp3) is 0.206. The molecule has 7 rings (SSSR count). The van der Waals surface area contributed by atoms with E-state index in [1.54, 1.807) is 23.3 Å². The second-order valence-electron chi connectivity index (χ2n) is 10.7. The normalized spacial score (nSPS) is 15.6. The first-order valence-corrected chi connectivity index (χ1v) is 15.4. The first kappa shape index (κ1) is 27.8. The van der Waals surface area contributed by atoms with E-state index >= 15 is 0 Å². The first-order valence-electron chi connectivity index (χ1n) is 14.3. The van der Waals surface area contributed by atoms with Crippen molar-refractivity contribution < 1.29 is 23.5 Å². The van der Waals surface area contributed by atoms with Crippen molar-refractivity contribution in [2.75, 3.05) is 24.0 Å². The molecule has 44 heavy (non-hydrogen) atoms. The highest BCUT2D eigenvalue weighted by atomic mass is 32.2. The van der Waals surface area contributed by atoms with Gasteiger partial charge >= 0.3 is 0 Å². The minimum absolute atomic E-state index is 0.167. The van der Waals surface area contributed by atoms with Gasteiger partial charge in [0.1, 0.15) is 18.1 Å². The van der Waals surface area contributed by atoms with Crippen LogP contribution in [-0.2, 0) is 16.1 Å². The Hall–Kier alpha value is -4.96. The SMILES string of the molecule is Cc1cccc(-n2nc(-c3ccccc3)c3c2N(CC(=O)NCc2ccco2)C(=O)CS[C@@H]3c2ccc3c(c2)OCO3)c1C. The monoisotopic (exact) mass is 606 g/mol. The lowest BCUT2D eigenvalue weighted by atomic mass is 9.99. The number of aryl methyl sites for hydroxylation is 1. The summed E-state index contributed by atoms with van der Waals surface area (Å²) >= 11 is 1.51. The lowest BCUT2D eigenvalue weighted by Gasteiger charge is -2.24. The van der Waals surface area contributed by atoms with Crippen LogP contribution in [0.5, 0.6) is 11.5 Å². The number of aromatic nitrogens is 2. The molecule has 2 aromatic heterocycles. The van der Waals surface area contributed by atoms with Gasteiger partial charge in [-0.15, -0.1) is 11.8 Å². The maximum atomic E-state index is 14.0. The number of carbonyl (C=O) groups excluding carboxylic acids is 2. The third-order valence-corrected chi connectivity index (χ3v) is 9.24. The van der Waals surface area contributed by atoms with Gasteiger partial charge in [-0.2, -0.15) is 5.10 Å². The van der Waals surface area contributed by atoms with Crippen molar-refractivity contribution >= 4 is 29.4 Å². The molecule has 2 aliphatic rings. The van der Waals surface area contributed by atoms with Crippen LogP contribution in [0.25, 0.3) is 16.9 Å². The average Bonchev–Trinajstić information content (AvgIpc) is 3.80. The minimum Gasteiger partial charge on any atom is -0.467 e. The number of fused-ring (bicyclic) bond motifs is 2. The Balaban J connectivity index is 1.43. The molecule has 2 amide bonds. The lowest BCUT2D eigenvalue weighted by Crippen LogP contribution is -2.42. The summed E-state index contributed by atoms with van der Waals surface area (Å²) in [7, 11) is 0. The number of thioether (sulfide) groups is 1. The van der Waals surface area contributed by atoms with Crippen molar-refractivity contribution in [1.29, 1.82) is 0 Å². The number of hydrogen-bond donors (Lipinski definition) is 1. The van der Waals surface area contributed by atoms with Crippen molar-refractivity contribution in [3.05, 3.63) is 113 Å². The highest BCUT2D eigenvalue weighted by Crippen LogP contribution is 2.50. The van der Waals surface area contributed by atoms with E-state index in [0.29, 0.717) is 23.1 Å². The molecular weight excluding hydrogens is 576 g/mol. The zero-order valence-corrected chi connectivity index (χ0v) is 25.1. The molecule has 0 unspecified atom stereocenters. The van der Waals surface area contributed by atoms with Crippen LogP contribution in [0.1, 0.15) is 33.3 Å². The predicted molar refractivity (Wildman–Crippen MR) is 168 cm³/mol. The molecule has 0 fully saturated rings. The number of anilines is 1. The third kappa shape index (κ3) is 5.11. The number of hydrogen-bond acceptors (Lipinski definition) is 7. The largest absolute Gasteiger partial charge is 0.467 e. The summed E-state index contributed by atoms with van der Waals surface area (Å²) in [6, 6.07) is 25.4. The molecule has 0 spiro atoms. The Kier molecular flexibility index (Phi) is 7.35. The van der Waals surface area contributed by atoms with E-state index in [-0.39, 0.29) is 42.7 Å². The number of amides is 2. The molecule has 4 heterocycles. The van der Waals surface area contributed by atoms with Gasteiger partial charge in [0, 0.05) is 11.1 Å². The quantitative estimate of drug-likeness (QED) is 0.244. The van der Waals surface area contributed by atoms with Gasteiger partial charge in [-0.3, -0.25) is 14.5 Å². The average molecular weight is 607 g/mol.